The average molecular weight is 579 g/mol. The van der Waals surface area contributed by atoms with Gasteiger partial charge in [-0.1, -0.05) is 5.10 Å². The van der Waals surface area contributed by atoms with Crippen LogP contribution in [0.25, 0.3) is 0 Å². The van der Waals surface area contributed by atoms with Gasteiger partial charge >= 0.3 is 30.3 Å². The predicted octanol–water partition coefficient (Wildman–Crippen LogP) is 2.99. The molecule has 3 fully saturated rings. The van der Waals surface area contributed by atoms with Crippen molar-refractivity contribution in [2.24, 2.45) is 11.3 Å². The first-order valence-corrected chi connectivity index (χ1v) is 12.1. The molecule has 0 saturated carbocycles. The highest BCUT2D eigenvalue weighted by Crippen LogP contribution is 2.35. The van der Waals surface area contributed by atoms with Crippen molar-refractivity contribution in [2.45, 2.75) is 45.0 Å². The zero-order valence-electron chi connectivity index (χ0n) is 21.3. The molecule has 3 saturated heterocycles. The fourth-order valence-electron chi connectivity index (χ4n) is 4.58. The smallest absolute Gasteiger partial charge is 0.475 e. The summed E-state index contributed by atoms with van der Waals surface area (Å²) in [5.74, 6) is -4.11. The Labute approximate surface area is 220 Å². The highest BCUT2D eigenvalue weighted by atomic mass is 19.4. The van der Waals surface area contributed by atoms with Gasteiger partial charge in [0.2, 0.25) is 5.89 Å². The van der Waals surface area contributed by atoms with Gasteiger partial charge in [0.15, 0.2) is 0 Å². The standard InChI is InChI=1S/C18H30N4O3.2C2HF3O2/c1-15-19-20-17(25-15)22-7-10-24-14-18(13-22)5-2-6-21(12-18)11-16-3-8-23-9-4-16;2*3-2(4,5)1(6)7/h16H,2-14H2,1H3;2*(H,6,7). The van der Waals surface area contributed by atoms with Crippen molar-refractivity contribution < 1.29 is 60.0 Å². The molecule has 3 aliphatic heterocycles. The number of aliphatic carboxylic acids is 2. The number of rotatable bonds is 3. The fourth-order valence-corrected chi connectivity index (χ4v) is 4.58. The number of nitrogens with zero attached hydrogens (tertiary/aromatic N) is 4. The third kappa shape index (κ3) is 11.2. The molecule has 224 valence electrons. The van der Waals surface area contributed by atoms with Gasteiger partial charge < -0.3 is 33.9 Å². The van der Waals surface area contributed by atoms with Crippen LogP contribution in [0.1, 0.15) is 31.6 Å². The van der Waals surface area contributed by atoms with E-state index >= 15 is 0 Å². The average Bonchev–Trinajstić information content (AvgIpc) is 3.17. The SMILES string of the molecule is Cc1nnc(N2CCOCC3(CCCN(CC4CCOCC4)C3)C2)o1.O=C(O)C(F)(F)F.O=C(O)C(F)(F)F. The van der Waals surface area contributed by atoms with Gasteiger partial charge in [-0.15, -0.1) is 5.10 Å². The quantitative estimate of drug-likeness (QED) is 0.512. The molecule has 1 spiro atoms. The number of hydrogen-bond donors (Lipinski definition) is 2. The monoisotopic (exact) mass is 578 g/mol. The van der Waals surface area contributed by atoms with Crippen LogP contribution in [0, 0.1) is 18.3 Å². The van der Waals surface area contributed by atoms with E-state index in [-0.39, 0.29) is 5.41 Å². The number of aryl methyl sites for hydroxylation is 1. The van der Waals surface area contributed by atoms with E-state index in [1.165, 1.54) is 38.8 Å². The van der Waals surface area contributed by atoms with Gasteiger partial charge in [-0.3, -0.25) is 0 Å². The number of carboxylic acids is 2. The van der Waals surface area contributed by atoms with Gasteiger partial charge in [0, 0.05) is 51.7 Å². The van der Waals surface area contributed by atoms with Crippen molar-refractivity contribution >= 4 is 18.0 Å². The Bertz CT molecular complexity index is 899. The van der Waals surface area contributed by atoms with Gasteiger partial charge in [0.1, 0.15) is 0 Å². The van der Waals surface area contributed by atoms with Crippen molar-refractivity contribution in [3.05, 3.63) is 5.89 Å². The maximum atomic E-state index is 10.6. The molecule has 1 unspecified atom stereocenters. The van der Waals surface area contributed by atoms with Crippen molar-refractivity contribution in [3.8, 4) is 0 Å². The van der Waals surface area contributed by atoms with E-state index in [0.29, 0.717) is 11.9 Å². The number of alkyl halides is 6. The number of piperidine rings is 1. The van der Waals surface area contributed by atoms with Crippen molar-refractivity contribution in [1.82, 2.24) is 15.1 Å². The maximum absolute atomic E-state index is 10.6. The molecule has 3 aliphatic rings. The van der Waals surface area contributed by atoms with Crippen LogP contribution in [-0.4, -0.2) is 109 Å². The predicted molar refractivity (Wildman–Crippen MR) is 121 cm³/mol. The van der Waals surface area contributed by atoms with E-state index in [9.17, 15) is 26.3 Å². The molecular weight excluding hydrogens is 546 g/mol. The molecule has 0 aromatic carbocycles. The zero-order valence-corrected chi connectivity index (χ0v) is 21.3. The first-order valence-electron chi connectivity index (χ1n) is 12.1. The lowest BCUT2D eigenvalue weighted by molar-refractivity contribution is -0.193. The van der Waals surface area contributed by atoms with Gasteiger partial charge in [-0.2, -0.15) is 26.3 Å². The summed E-state index contributed by atoms with van der Waals surface area (Å²) in [5.41, 5.74) is 0.169. The highest BCUT2D eigenvalue weighted by Gasteiger charge is 2.41. The number of aromatic nitrogens is 2. The Morgan fingerprint density at radius 2 is 1.54 bits per heavy atom. The molecule has 1 atom stereocenters. The molecule has 17 heteroatoms. The van der Waals surface area contributed by atoms with Gasteiger partial charge in [-0.05, 0) is 38.1 Å². The third-order valence-electron chi connectivity index (χ3n) is 6.31. The molecule has 2 N–H and O–H groups in total. The lowest BCUT2D eigenvalue weighted by atomic mass is 9.79. The number of hydrogen-bond acceptors (Lipinski definition) is 9. The summed E-state index contributed by atoms with van der Waals surface area (Å²) in [5, 5.41) is 22.5. The van der Waals surface area contributed by atoms with Crippen molar-refractivity contribution in [3.63, 3.8) is 0 Å². The van der Waals surface area contributed by atoms with E-state index in [2.05, 4.69) is 20.0 Å². The van der Waals surface area contributed by atoms with Crippen LogP contribution in [0.2, 0.25) is 0 Å². The molecular formula is C22H32F6N4O7. The largest absolute Gasteiger partial charge is 0.490 e. The minimum Gasteiger partial charge on any atom is -0.475 e. The molecule has 0 amide bonds. The Morgan fingerprint density at radius 3 is 2.05 bits per heavy atom. The lowest BCUT2D eigenvalue weighted by Gasteiger charge is -2.44. The number of carboxylic acid groups (broad SMARTS) is 2. The van der Waals surface area contributed by atoms with Gasteiger partial charge in [0.05, 0.1) is 13.2 Å². The molecule has 0 bridgehead atoms. The highest BCUT2D eigenvalue weighted by molar-refractivity contribution is 5.73. The fraction of sp³-hybridized carbons (Fsp3) is 0.818. The molecule has 4 heterocycles. The van der Waals surface area contributed by atoms with Crippen LogP contribution in [0.15, 0.2) is 4.42 Å². The number of carbonyl (C=O) groups is 2. The second-order valence-corrected chi connectivity index (χ2v) is 9.58. The second-order valence-electron chi connectivity index (χ2n) is 9.58. The molecule has 39 heavy (non-hydrogen) atoms. The van der Waals surface area contributed by atoms with E-state index in [1.807, 2.05) is 6.92 Å². The summed E-state index contributed by atoms with van der Waals surface area (Å²) >= 11 is 0. The van der Waals surface area contributed by atoms with E-state index < -0.39 is 24.3 Å². The van der Waals surface area contributed by atoms with Crippen LogP contribution >= 0.6 is 0 Å². The Morgan fingerprint density at radius 1 is 0.949 bits per heavy atom. The molecule has 11 nitrogen and oxygen atoms in total. The van der Waals surface area contributed by atoms with Gasteiger partial charge in [-0.25, -0.2) is 9.59 Å². The van der Waals surface area contributed by atoms with Crippen LogP contribution in [0.4, 0.5) is 32.4 Å². The van der Waals surface area contributed by atoms with Crippen LogP contribution in [0.3, 0.4) is 0 Å². The summed E-state index contributed by atoms with van der Waals surface area (Å²) < 4.78 is 80.7. The normalized spacial score (nSPS) is 23.2. The van der Waals surface area contributed by atoms with Crippen molar-refractivity contribution in [1.29, 1.82) is 0 Å². The first kappa shape index (κ1) is 32.6. The van der Waals surface area contributed by atoms with Crippen LogP contribution in [-0.2, 0) is 19.1 Å². The zero-order chi connectivity index (χ0) is 29.3. The molecule has 4 rings (SSSR count). The van der Waals surface area contributed by atoms with Crippen LogP contribution < -0.4 is 4.90 Å². The molecule has 0 aliphatic carbocycles. The minimum atomic E-state index is -5.08. The maximum Gasteiger partial charge on any atom is 0.490 e. The summed E-state index contributed by atoms with van der Waals surface area (Å²) in [6.07, 6.45) is -5.31. The van der Waals surface area contributed by atoms with E-state index in [4.69, 9.17) is 33.7 Å². The van der Waals surface area contributed by atoms with Crippen molar-refractivity contribution in [2.75, 3.05) is 64.1 Å². The number of anilines is 1. The molecule has 1 aromatic heterocycles. The lowest BCUT2D eigenvalue weighted by Crippen LogP contribution is -2.51. The molecule has 0 radical (unpaired) electrons. The first-order chi connectivity index (χ1) is 18.1. The Balaban J connectivity index is 0.000000317. The number of halogens is 6. The minimum absolute atomic E-state index is 0.169. The summed E-state index contributed by atoms with van der Waals surface area (Å²) in [6.45, 7) is 10.5. The van der Waals surface area contributed by atoms with Gasteiger partial charge in [0.25, 0.3) is 0 Å². The Hall–Kier alpha value is -2.66. The van der Waals surface area contributed by atoms with E-state index in [1.54, 1.807) is 0 Å². The van der Waals surface area contributed by atoms with E-state index in [0.717, 1.165) is 52.0 Å². The Kier molecular flexibility index (Phi) is 11.8. The molecule has 1 aromatic rings. The summed E-state index contributed by atoms with van der Waals surface area (Å²) in [7, 11) is 0. The number of likely N-dealkylation sites (tertiary alicyclic amines) is 1. The number of ether oxygens (including phenoxy) is 2. The third-order valence-corrected chi connectivity index (χ3v) is 6.31. The second kappa shape index (κ2) is 14.1. The summed E-state index contributed by atoms with van der Waals surface area (Å²) in [6, 6.07) is 0.643. The van der Waals surface area contributed by atoms with Crippen LogP contribution in [0.5, 0.6) is 0 Å². The topological polar surface area (TPSA) is 138 Å². The summed E-state index contributed by atoms with van der Waals surface area (Å²) in [4.78, 5) is 22.7.